The van der Waals surface area contributed by atoms with E-state index in [1.807, 2.05) is 0 Å². The number of Topliss-reactive ketones (excluding diaryl/α,β-unsaturated/α-hetero) is 1. The molecule has 3 aliphatic rings. The summed E-state index contributed by atoms with van der Waals surface area (Å²) in [5.41, 5.74) is 0. The van der Waals surface area contributed by atoms with E-state index in [4.69, 9.17) is 5.11 Å². The summed E-state index contributed by atoms with van der Waals surface area (Å²) in [5, 5.41) is 12.4. The topological polar surface area (TPSA) is 52.6 Å². The van der Waals surface area contributed by atoms with Crippen LogP contribution in [0.25, 0.3) is 0 Å². The van der Waals surface area contributed by atoms with Gasteiger partial charge < -0.3 is 10.4 Å². The number of alkyl halides is 3. The van der Waals surface area contributed by atoms with Gasteiger partial charge in [0.15, 0.2) is 0 Å². The van der Waals surface area contributed by atoms with E-state index < -0.39 is 12.1 Å². The molecule has 2 aliphatic carbocycles. The van der Waals surface area contributed by atoms with E-state index in [-0.39, 0.29) is 37.5 Å². The summed E-state index contributed by atoms with van der Waals surface area (Å²) in [4.78, 5) is 15.1. The molecule has 0 aromatic rings. The van der Waals surface area contributed by atoms with Crippen molar-refractivity contribution in [2.75, 3.05) is 19.7 Å². The third kappa shape index (κ3) is 5.24. The molecule has 4 nitrogen and oxygen atoms in total. The number of aliphatic hydroxyl groups is 1. The first-order valence-corrected chi connectivity index (χ1v) is 10.6. The summed E-state index contributed by atoms with van der Waals surface area (Å²) < 4.78 is 39.0. The first kappa shape index (κ1) is 21.1. The third-order valence-electron chi connectivity index (χ3n) is 6.89. The van der Waals surface area contributed by atoms with Gasteiger partial charge in [0.2, 0.25) is 0 Å². The van der Waals surface area contributed by atoms with Gasteiger partial charge in [-0.2, -0.15) is 13.2 Å². The van der Waals surface area contributed by atoms with Gasteiger partial charge in [-0.1, -0.05) is 0 Å². The zero-order valence-corrected chi connectivity index (χ0v) is 16.0. The lowest BCUT2D eigenvalue weighted by molar-refractivity contribution is -0.185. The van der Waals surface area contributed by atoms with E-state index in [0.717, 1.165) is 38.8 Å². The minimum absolute atomic E-state index is 0.00761. The van der Waals surface area contributed by atoms with Crippen LogP contribution < -0.4 is 5.32 Å². The molecular formula is C20H33F3N2O2. The first-order valence-electron chi connectivity index (χ1n) is 10.6. The second-order valence-electron chi connectivity index (χ2n) is 8.57. The Labute approximate surface area is 159 Å². The van der Waals surface area contributed by atoms with Gasteiger partial charge in [0.1, 0.15) is 5.78 Å². The number of carbonyl (C=O) groups excluding carboxylic acids is 1. The number of aliphatic hydroxyl groups excluding tert-OH is 1. The SMILES string of the molecule is O=C1CCCN(C2CCC(C(F)(F)F)CC2)C2CCC(NCCCO)CC12. The molecule has 1 saturated heterocycles. The summed E-state index contributed by atoms with van der Waals surface area (Å²) >= 11 is 0. The van der Waals surface area contributed by atoms with Crippen LogP contribution in [-0.4, -0.2) is 59.8 Å². The zero-order valence-electron chi connectivity index (χ0n) is 16.0. The molecule has 3 atom stereocenters. The van der Waals surface area contributed by atoms with Crippen molar-refractivity contribution in [3.05, 3.63) is 0 Å². The Balaban J connectivity index is 1.61. The van der Waals surface area contributed by atoms with Crippen molar-refractivity contribution in [1.29, 1.82) is 0 Å². The Morgan fingerprint density at radius 1 is 1.11 bits per heavy atom. The highest BCUT2D eigenvalue weighted by molar-refractivity contribution is 5.82. The lowest BCUT2D eigenvalue weighted by Gasteiger charge is -2.46. The van der Waals surface area contributed by atoms with Crippen LogP contribution in [0.1, 0.15) is 64.2 Å². The fourth-order valence-electron chi connectivity index (χ4n) is 5.44. The molecule has 1 aliphatic heterocycles. The molecule has 2 saturated carbocycles. The van der Waals surface area contributed by atoms with Crippen LogP contribution in [0.15, 0.2) is 0 Å². The quantitative estimate of drug-likeness (QED) is 0.708. The summed E-state index contributed by atoms with van der Waals surface area (Å²) in [6.07, 6.45) is 2.46. The van der Waals surface area contributed by atoms with Crippen molar-refractivity contribution < 1.29 is 23.1 Å². The largest absolute Gasteiger partial charge is 0.396 e. The Bertz CT molecular complexity index is 492. The molecule has 0 spiro atoms. The Morgan fingerprint density at radius 2 is 1.85 bits per heavy atom. The second-order valence-corrected chi connectivity index (χ2v) is 8.57. The van der Waals surface area contributed by atoms with Crippen molar-refractivity contribution in [2.24, 2.45) is 11.8 Å². The molecule has 1 heterocycles. The van der Waals surface area contributed by atoms with Crippen molar-refractivity contribution in [3.63, 3.8) is 0 Å². The van der Waals surface area contributed by atoms with Crippen LogP contribution in [-0.2, 0) is 4.79 Å². The van der Waals surface area contributed by atoms with Crippen molar-refractivity contribution in [2.45, 2.75) is 88.5 Å². The predicted octanol–water partition coefficient (Wildman–Crippen LogP) is 3.28. The molecule has 3 rings (SSSR count). The van der Waals surface area contributed by atoms with Gasteiger partial charge in [0.05, 0.1) is 5.92 Å². The van der Waals surface area contributed by atoms with E-state index in [1.54, 1.807) is 0 Å². The van der Waals surface area contributed by atoms with Gasteiger partial charge in [-0.05, 0) is 70.9 Å². The highest BCUT2D eigenvalue weighted by Crippen LogP contribution is 2.41. The molecule has 27 heavy (non-hydrogen) atoms. The zero-order chi connectivity index (χ0) is 19.4. The first-order chi connectivity index (χ1) is 12.9. The Hall–Kier alpha value is -0.660. The number of halogens is 3. The van der Waals surface area contributed by atoms with E-state index in [2.05, 4.69) is 10.2 Å². The van der Waals surface area contributed by atoms with E-state index in [0.29, 0.717) is 37.5 Å². The Morgan fingerprint density at radius 3 is 2.52 bits per heavy atom. The van der Waals surface area contributed by atoms with Crippen LogP contribution in [0.5, 0.6) is 0 Å². The van der Waals surface area contributed by atoms with E-state index in [9.17, 15) is 18.0 Å². The molecule has 7 heteroatoms. The molecule has 0 aromatic heterocycles. The molecule has 0 aromatic carbocycles. The van der Waals surface area contributed by atoms with Crippen LogP contribution in [0.3, 0.4) is 0 Å². The van der Waals surface area contributed by atoms with Gasteiger partial charge in [0, 0.05) is 37.1 Å². The molecule has 2 N–H and O–H groups in total. The van der Waals surface area contributed by atoms with Gasteiger partial charge in [-0.25, -0.2) is 0 Å². The van der Waals surface area contributed by atoms with Crippen LogP contribution in [0.4, 0.5) is 13.2 Å². The van der Waals surface area contributed by atoms with Gasteiger partial charge >= 0.3 is 6.18 Å². The van der Waals surface area contributed by atoms with Gasteiger partial charge in [0.25, 0.3) is 0 Å². The van der Waals surface area contributed by atoms with Crippen LogP contribution in [0, 0.1) is 11.8 Å². The number of nitrogens with one attached hydrogen (secondary N) is 1. The highest BCUT2D eigenvalue weighted by atomic mass is 19.4. The molecule has 0 bridgehead atoms. The number of likely N-dealkylation sites (tertiary alicyclic amines) is 1. The number of carbonyl (C=O) groups is 1. The highest BCUT2D eigenvalue weighted by Gasteiger charge is 2.45. The summed E-state index contributed by atoms with van der Waals surface area (Å²) in [6.45, 7) is 1.77. The number of ketones is 1. The van der Waals surface area contributed by atoms with Gasteiger partial charge in [-0.3, -0.25) is 9.69 Å². The smallest absolute Gasteiger partial charge is 0.391 e. The molecule has 0 radical (unpaired) electrons. The third-order valence-corrected chi connectivity index (χ3v) is 6.89. The number of fused-ring (bicyclic) bond motifs is 1. The second kappa shape index (κ2) is 9.23. The van der Waals surface area contributed by atoms with Gasteiger partial charge in [-0.15, -0.1) is 0 Å². The number of hydrogen-bond acceptors (Lipinski definition) is 4. The number of hydrogen-bond donors (Lipinski definition) is 2. The number of nitrogens with zero attached hydrogens (tertiary/aromatic N) is 1. The lowest BCUT2D eigenvalue weighted by atomic mass is 9.76. The maximum Gasteiger partial charge on any atom is 0.391 e. The standard InChI is InChI=1S/C20H33F3N2O2/c21-20(22,23)14-4-7-16(8-5-14)25-11-1-3-19(27)17-13-15(6-9-18(17)25)24-10-2-12-26/h14-18,24,26H,1-13H2. The minimum atomic E-state index is -4.07. The normalized spacial score (nSPS) is 36.3. The summed E-state index contributed by atoms with van der Waals surface area (Å²) in [5.74, 6) is -0.807. The van der Waals surface area contributed by atoms with Crippen molar-refractivity contribution >= 4 is 5.78 Å². The molecular weight excluding hydrogens is 357 g/mol. The average Bonchev–Trinajstić information content (AvgIpc) is 2.80. The fraction of sp³-hybridized carbons (Fsp3) is 0.950. The monoisotopic (exact) mass is 390 g/mol. The maximum absolute atomic E-state index is 13.0. The molecule has 156 valence electrons. The van der Waals surface area contributed by atoms with Crippen molar-refractivity contribution in [1.82, 2.24) is 10.2 Å². The minimum Gasteiger partial charge on any atom is -0.396 e. The van der Waals surface area contributed by atoms with Crippen molar-refractivity contribution in [3.8, 4) is 0 Å². The average molecular weight is 390 g/mol. The van der Waals surface area contributed by atoms with E-state index >= 15 is 0 Å². The summed E-state index contributed by atoms with van der Waals surface area (Å²) in [6, 6.07) is 0.701. The Kier molecular flexibility index (Phi) is 7.20. The van der Waals surface area contributed by atoms with Crippen LogP contribution >= 0.6 is 0 Å². The van der Waals surface area contributed by atoms with E-state index in [1.165, 1.54) is 0 Å². The lowest BCUT2D eigenvalue weighted by Crippen LogP contribution is -2.53. The molecule has 3 unspecified atom stereocenters. The van der Waals surface area contributed by atoms with Crippen LogP contribution in [0.2, 0.25) is 0 Å². The predicted molar refractivity (Wildman–Crippen MR) is 97.4 cm³/mol. The maximum atomic E-state index is 13.0. The summed E-state index contributed by atoms with van der Waals surface area (Å²) in [7, 11) is 0. The number of rotatable bonds is 5. The fourth-order valence-corrected chi connectivity index (χ4v) is 5.44. The molecule has 3 fully saturated rings. The molecule has 0 amide bonds.